The fourth-order valence-corrected chi connectivity index (χ4v) is 3.50. The van der Waals surface area contributed by atoms with Crippen molar-refractivity contribution >= 4 is 35.8 Å². The summed E-state index contributed by atoms with van der Waals surface area (Å²) < 4.78 is 0. The van der Waals surface area contributed by atoms with E-state index in [2.05, 4.69) is 66.6 Å². The van der Waals surface area contributed by atoms with Gasteiger partial charge in [0.15, 0.2) is 5.96 Å². The Balaban J connectivity index is 0.00000544. The van der Waals surface area contributed by atoms with Gasteiger partial charge in [-0.3, -0.25) is 9.69 Å². The molecule has 2 N–H and O–H groups in total. The SMILES string of the molecule is CCNC(=NCc1ccccc1CN(CC)CC)NCCc1cccc(C(=O)N(C)C)c1.I. The van der Waals surface area contributed by atoms with Crippen molar-refractivity contribution in [3.05, 3.63) is 70.8 Å². The van der Waals surface area contributed by atoms with Gasteiger partial charge in [-0.1, -0.05) is 50.2 Å². The molecule has 6 nitrogen and oxygen atoms in total. The van der Waals surface area contributed by atoms with Crippen LogP contribution in [0.15, 0.2) is 53.5 Å². The molecule has 0 heterocycles. The molecule has 33 heavy (non-hydrogen) atoms. The molecular formula is C26H40IN5O. The number of nitrogens with zero attached hydrogens (tertiary/aromatic N) is 3. The molecule has 0 aliphatic carbocycles. The molecular weight excluding hydrogens is 525 g/mol. The number of benzene rings is 2. The van der Waals surface area contributed by atoms with E-state index in [9.17, 15) is 4.79 Å². The lowest BCUT2D eigenvalue weighted by Gasteiger charge is -2.20. The van der Waals surface area contributed by atoms with E-state index in [-0.39, 0.29) is 29.9 Å². The van der Waals surface area contributed by atoms with Crippen LogP contribution in [0.4, 0.5) is 0 Å². The van der Waals surface area contributed by atoms with Gasteiger partial charge in [0.05, 0.1) is 6.54 Å². The van der Waals surface area contributed by atoms with Crippen LogP contribution in [0.25, 0.3) is 0 Å². The van der Waals surface area contributed by atoms with Crippen molar-refractivity contribution < 1.29 is 4.79 Å². The number of nitrogens with one attached hydrogen (secondary N) is 2. The van der Waals surface area contributed by atoms with Gasteiger partial charge in [0.1, 0.15) is 0 Å². The Morgan fingerprint density at radius 3 is 2.27 bits per heavy atom. The third kappa shape index (κ3) is 9.71. The lowest BCUT2D eigenvalue weighted by Crippen LogP contribution is -2.38. The maximum Gasteiger partial charge on any atom is 0.253 e. The van der Waals surface area contributed by atoms with Crippen molar-refractivity contribution in [2.75, 3.05) is 40.3 Å². The van der Waals surface area contributed by atoms with Gasteiger partial charge in [-0.25, -0.2) is 4.99 Å². The molecule has 2 aromatic rings. The quantitative estimate of drug-likeness (QED) is 0.244. The molecule has 0 aliphatic heterocycles. The predicted molar refractivity (Wildman–Crippen MR) is 149 cm³/mol. The highest BCUT2D eigenvalue weighted by Crippen LogP contribution is 2.13. The van der Waals surface area contributed by atoms with Crippen molar-refractivity contribution in [3.63, 3.8) is 0 Å². The van der Waals surface area contributed by atoms with Crippen LogP contribution in [0.3, 0.4) is 0 Å². The molecule has 0 saturated heterocycles. The lowest BCUT2D eigenvalue weighted by molar-refractivity contribution is 0.0827. The van der Waals surface area contributed by atoms with Gasteiger partial charge < -0.3 is 15.5 Å². The topological polar surface area (TPSA) is 60.0 Å². The van der Waals surface area contributed by atoms with Crippen molar-refractivity contribution in [2.45, 2.75) is 40.3 Å². The number of aliphatic imine (C=N–C) groups is 1. The second-order valence-corrected chi connectivity index (χ2v) is 8.00. The minimum absolute atomic E-state index is 0. The minimum atomic E-state index is 0. The number of halogens is 1. The zero-order valence-electron chi connectivity index (χ0n) is 20.7. The summed E-state index contributed by atoms with van der Waals surface area (Å²) in [5.74, 6) is 0.837. The summed E-state index contributed by atoms with van der Waals surface area (Å²) >= 11 is 0. The molecule has 0 bridgehead atoms. The van der Waals surface area contributed by atoms with Gasteiger partial charge >= 0.3 is 0 Å². The number of carbonyl (C=O) groups is 1. The fourth-order valence-electron chi connectivity index (χ4n) is 3.50. The first-order valence-corrected chi connectivity index (χ1v) is 11.6. The molecule has 2 rings (SSSR count). The Labute approximate surface area is 216 Å². The van der Waals surface area contributed by atoms with E-state index in [0.717, 1.165) is 56.2 Å². The third-order valence-electron chi connectivity index (χ3n) is 5.44. The molecule has 0 saturated carbocycles. The molecule has 2 aromatic carbocycles. The van der Waals surface area contributed by atoms with Gasteiger partial charge in [-0.15, -0.1) is 24.0 Å². The summed E-state index contributed by atoms with van der Waals surface area (Å²) in [5.41, 5.74) is 4.44. The Morgan fingerprint density at radius 2 is 1.64 bits per heavy atom. The highest BCUT2D eigenvalue weighted by atomic mass is 127. The maximum absolute atomic E-state index is 12.2. The van der Waals surface area contributed by atoms with Crippen molar-refractivity contribution in [1.82, 2.24) is 20.4 Å². The second kappa shape index (κ2) is 15.7. The Bertz CT molecular complexity index is 880. The molecule has 0 atom stereocenters. The fraction of sp³-hybridized carbons (Fsp3) is 0.462. The first kappa shape index (κ1) is 28.9. The largest absolute Gasteiger partial charge is 0.357 e. The molecule has 0 aliphatic rings. The number of hydrogen-bond acceptors (Lipinski definition) is 3. The number of amides is 1. The summed E-state index contributed by atoms with van der Waals surface area (Å²) in [6.07, 6.45) is 0.817. The van der Waals surface area contributed by atoms with Crippen LogP contribution in [0.1, 0.15) is 47.8 Å². The van der Waals surface area contributed by atoms with Crippen LogP contribution in [0.5, 0.6) is 0 Å². The van der Waals surface area contributed by atoms with Crippen molar-refractivity contribution in [2.24, 2.45) is 4.99 Å². The maximum atomic E-state index is 12.2. The highest BCUT2D eigenvalue weighted by molar-refractivity contribution is 14.0. The second-order valence-electron chi connectivity index (χ2n) is 8.00. The average molecular weight is 566 g/mol. The van der Waals surface area contributed by atoms with Crippen LogP contribution < -0.4 is 10.6 Å². The number of guanidine groups is 1. The van der Waals surface area contributed by atoms with Gasteiger partial charge in [0, 0.05) is 39.3 Å². The minimum Gasteiger partial charge on any atom is -0.357 e. The molecule has 0 radical (unpaired) electrons. The molecule has 0 fully saturated rings. The van der Waals surface area contributed by atoms with Gasteiger partial charge in [-0.05, 0) is 55.3 Å². The van der Waals surface area contributed by atoms with E-state index in [0.29, 0.717) is 6.54 Å². The number of hydrogen-bond donors (Lipinski definition) is 2. The van der Waals surface area contributed by atoms with Crippen LogP contribution in [0, 0.1) is 0 Å². The average Bonchev–Trinajstić information content (AvgIpc) is 2.81. The molecule has 182 valence electrons. The molecule has 7 heteroatoms. The predicted octanol–water partition coefficient (Wildman–Crippen LogP) is 4.15. The van der Waals surface area contributed by atoms with E-state index in [1.54, 1.807) is 19.0 Å². The first-order chi connectivity index (χ1) is 15.5. The van der Waals surface area contributed by atoms with E-state index in [1.807, 2.05) is 18.2 Å². The van der Waals surface area contributed by atoms with Crippen LogP contribution in [0.2, 0.25) is 0 Å². The van der Waals surface area contributed by atoms with Gasteiger partial charge in [0.2, 0.25) is 0 Å². The summed E-state index contributed by atoms with van der Waals surface area (Å²) in [4.78, 5) is 21.0. The third-order valence-corrected chi connectivity index (χ3v) is 5.44. The summed E-state index contributed by atoms with van der Waals surface area (Å²) in [5, 5.41) is 6.76. The first-order valence-electron chi connectivity index (χ1n) is 11.6. The van der Waals surface area contributed by atoms with E-state index >= 15 is 0 Å². The zero-order valence-corrected chi connectivity index (χ0v) is 23.1. The molecule has 1 amide bonds. The molecule has 0 unspecified atom stereocenters. The summed E-state index contributed by atoms with van der Waals surface area (Å²) in [6.45, 7) is 11.7. The van der Waals surface area contributed by atoms with E-state index in [1.165, 1.54) is 11.1 Å². The molecule has 0 spiro atoms. The van der Waals surface area contributed by atoms with E-state index < -0.39 is 0 Å². The highest BCUT2D eigenvalue weighted by Gasteiger charge is 2.09. The van der Waals surface area contributed by atoms with Crippen LogP contribution in [-0.4, -0.2) is 61.9 Å². The van der Waals surface area contributed by atoms with Gasteiger partial charge in [-0.2, -0.15) is 0 Å². The monoisotopic (exact) mass is 565 g/mol. The Hall–Kier alpha value is -2.13. The Morgan fingerprint density at radius 1 is 0.939 bits per heavy atom. The normalized spacial score (nSPS) is 11.2. The zero-order chi connectivity index (χ0) is 23.3. The lowest BCUT2D eigenvalue weighted by atomic mass is 10.1. The van der Waals surface area contributed by atoms with Crippen molar-refractivity contribution in [1.29, 1.82) is 0 Å². The summed E-state index contributed by atoms with van der Waals surface area (Å²) in [6, 6.07) is 16.4. The van der Waals surface area contributed by atoms with E-state index in [4.69, 9.17) is 4.99 Å². The van der Waals surface area contributed by atoms with Gasteiger partial charge in [0.25, 0.3) is 5.91 Å². The smallest absolute Gasteiger partial charge is 0.253 e. The summed E-state index contributed by atoms with van der Waals surface area (Å²) in [7, 11) is 3.55. The molecule has 0 aromatic heterocycles. The van der Waals surface area contributed by atoms with Crippen LogP contribution in [-0.2, 0) is 19.5 Å². The number of rotatable bonds is 11. The van der Waals surface area contributed by atoms with Crippen molar-refractivity contribution in [3.8, 4) is 0 Å². The standard InChI is InChI=1S/C26H39N5O.HI/c1-6-27-26(28-17-16-21-12-11-15-22(18-21)25(32)30(4)5)29-19-23-13-9-10-14-24(23)20-31(7-2)8-3;/h9-15,18H,6-8,16-17,19-20H2,1-5H3,(H2,27,28,29);1H. The Kier molecular flexibility index (Phi) is 13.7. The number of carbonyl (C=O) groups excluding carboxylic acids is 1. The van der Waals surface area contributed by atoms with Crippen LogP contribution >= 0.6 is 24.0 Å².